The summed E-state index contributed by atoms with van der Waals surface area (Å²) in [5.74, 6) is -0.676. The first-order chi connectivity index (χ1) is 35.4. The summed E-state index contributed by atoms with van der Waals surface area (Å²) in [5, 5.41) is 2.97. The van der Waals surface area contributed by atoms with Crippen LogP contribution in [0.15, 0.2) is 146 Å². The standard InChI is InChI=1S/C63H103N2O7P/c1-7-10-13-16-19-22-25-28-30-32-34-37-40-43-46-49-52-55-62(66)64-60(59-71-73(68,69)70-58-57-65(4,5)6)61(54-51-48-45-42-39-36-27-24-21-18-15-12-9-3)72-63(67)56-53-50-47-44-41-38-35-33-31-29-26-23-20-17-14-11-8-2/h10-11,13-14,17,19-20,22-23,26,28-31,33-35,37-38,41,43,46,51,54,60-61H,7-9,12,15-16,18,21,24-25,27,32,36,39-40,42,44-45,47-50,52-53,55-59H2,1-6H3,(H-,64,66,68,69)/b13-10-,14-11-,20-17+,22-19-,26-23+,30-28-,31-29-,35-33+,37-34-,41-38+,46-43-,54-51+. The zero-order valence-electron chi connectivity index (χ0n) is 46.8. The summed E-state index contributed by atoms with van der Waals surface area (Å²) in [6, 6.07) is -0.947. The molecule has 73 heavy (non-hydrogen) atoms. The van der Waals surface area contributed by atoms with Gasteiger partial charge < -0.3 is 28.5 Å². The second kappa shape index (κ2) is 51.4. The fraction of sp³-hybridized carbons (Fsp3) is 0.587. The molecule has 0 bridgehead atoms. The maximum Gasteiger partial charge on any atom is 0.306 e. The van der Waals surface area contributed by atoms with Crippen molar-refractivity contribution in [3.05, 3.63) is 146 Å². The van der Waals surface area contributed by atoms with Gasteiger partial charge in [0.1, 0.15) is 19.3 Å². The number of nitrogens with zero attached hydrogens (tertiary/aromatic N) is 1. The van der Waals surface area contributed by atoms with Crippen molar-refractivity contribution in [2.45, 2.75) is 200 Å². The van der Waals surface area contributed by atoms with Crippen molar-refractivity contribution in [3.8, 4) is 0 Å². The van der Waals surface area contributed by atoms with E-state index >= 15 is 0 Å². The third-order valence-corrected chi connectivity index (χ3v) is 12.4. The highest BCUT2D eigenvalue weighted by Gasteiger charge is 2.27. The van der Waals surface area contributed by atoms with E-state index in [9.17, 15) is 19.0 Å². The second-order valence-electron chi connectivity index (χ2n) is 19.5. The van der Waals surface area contributed by atoms with Crippen molar-refractivity contribution in [2.24, 2.45) is 0 Å². The first-order valence-electron chi connectivity index (χ1n) is 28.2. The van der Waals surface area contributed by atoms with Crippen LogP contribution in [0.2, 0.25) is 0 Å². The Morgan fingerprint density at radius 2 is 0.959 bits per heavy atom. The second-order valence-corrected chi connectivity index (χ2v) is 20.9. The zero-order chi connectivity index (χ0) is 53.6. The summed E-state index contributed by atoms with van der Waals surface area (Å²) < 4.78 is 30.1. The molecule has 1 N–H and O–H groups in total. The Morgan fingerprint density at radius 1 is 0.507 bits per heavy atom. The first-order valence-corrected chi connectivity index (χ1v) is 29.7. The number of phosphoric acid groups is 1. The van der Waals surface area contributed by atoms with Crippen molar-refractivity contribution in [3.63, 3.8) is 0 Å². The Balaban J connectivity index is 5.60. The van der Waals surface area contributed by atoms with Crippen LogP contribution in [0, 0.1) is 0 Å². The number of likely N-dealkylation sites (N-methyl/N-ethyl adjacent to an activating group) is 1. The van der Waals surface area contributed by atoms with Gasteiger partial charge in [-0.05, 0) is 89.5 Å². The highest BCUT2D eigenvalue weighted by molar-refractivity contribution is 7.45. The van der Waals surface area contributed by atoms with E-state index in [1.807, 2.05) is 88.0 Å². The number of unbranched alkanes of at least 4 members (excludes halogenated alkanes) is 15. The number of phosphoric ester groups is 1. The van der Waals surface area contributed by atoms with Crippen LogP contribution in [0.4, 0.5) is 0 Å². The van der Waals surface area contributed by atoms with Gasteiger partial charge in [-0.2, -0.15) is 0 Å². The molecule has 0 saturated heterocycles. The molecule has 0 heterocycles. The molecule has 0 aromatic carbocycles. The lowest BCUT2D eigenvalue weighted by molar-refractivity contribution is -0.870. The topological polar surface area (TPSA) is 114 Å². The molecule has 1 amide bonds. The highest BCUT2D eigenvalue weighted by Crippen LogP contribution is 2.38. The van der Waals surface area contributed by atoms with Crippen molar-refractivity contribution in [2.75, 3.05) is 40.9 Å². The van der Waals surface area contributed by atoms with E-state index in [0.717, 1.165) is 77.0 Å². The molecule has 0 aromatic rings. The van der Waals surface area contributed by atoms with Crippen LogP contribution in [-0.2, 0) is 27.9 Å². The van der Waals surface area contributed by atoms with Crippen molar-refractivity contribution in [1.29, 1.82) is 0 Å². The Bertz CT molecular complexity index is 1760. The van der Waals surface area contributed by atoms with Gasteiger partial charge in [-0.3, -0.25) is 14.2 Å². The van der Waals surface area contributed by atoms with E-state index in [2.05, 4.69) is 99.0 Å². The molecule has 9 nitrogen and oxygen atoms in total. The van der Waals surface area contributed by atoms with Crippen molar-refractivity contribution < 1.29 is 37.3 Å². The van der Waals surface area contributed by atoms with Gasteiger partial charge in [-0.1, -0.05) is 231 Å². The van der Waals surface area contributed by atoms with Crippen molar-refractivity contribution in [1.82, 2.24) is 5.32 Å². The van der Waals surface area contributed by atoms with Gasteiger partial charge in [0.15, 0.2) is 0 Å². The molecular formula is C63H103N2O7P. The van der Waals surface area contributed by atoms with Gasteiger partial charge in [-0.25, -0.2) is 0 Å². The third-order valence-electron chi connectivity index (χ3n) is 11.4. The fourth-order valence-electron chi connectivity index (χ4n) is 7.12. The SMILES string of the molecule is CC\C=C/C=C/C=C/C=C\C=C\C=C\CCCCCC(=O)OC(/C=C/CCCCCCCCCCCCC)C(COP(=O)([O-])OCC[N+](C)(C)C)NC(=O)CCC/C=C\C/C=C\C/C=C\C/C=C\C/C=C\CC. The Labute approximate surface area is 447 Å². The van der Waals surface area contributed by atoms with Crippen LogP contribution >= 0.6 is 7.82 Å². The van der Waals surface area contributed by atoms with E-state index in [0.29, 0.717) is 30.3 Å². The van der Waals surface area contributed by atoms with Crippen LogP contribution in [0.5, 0.6) is 0 Å². The Hall–Kier alpha value is -4.11. The molecule has 0 radical (unpaired) electrons. The zero-order valence-corrected chi connectivity index (χ0v) is 47.7. The number of quaternary nitrogens is 1. The lowest BCUT2D eigenvalue weighted by Gasteiger charge is -2.30. The number of nitrogens with one attached hydrogen (secondary N) is 1. The lowest BCUT2D eigenvalue weighted by Crippen LogP contribution is -2.47. The maximum atomic E-state index is 13.5. The van der Waals surface area contributed by atoms with Gasteiger partial charge in [0.25, 0.3) is 7.82 Å². The highest BCUT2D eigenvalue weighted by atomic mass is 31.2. The smallest absolute Gasteiger partial charge is 0.306 e. The number of hydrogen-bond acceptors (Lipinski definition) is 7. The minimum Gasteiger partial charge on any atom is -0.756 e. The number of esters is 1. The molecule has 0 rings (SSSR count). The number of carbonyl (C=O) groups excluding carboxylic acids is 2. The van der Waals surface area contributed by atoms with Crippen LogP contribution in [0.25, 0.3) is 0 Å². The number of ether oxygens (including phenoxy) is 1. The van der Waals surface area contributed by atoms with E-state index in [1.54, 1.807) is 6.08 Å². The molecule has 0 aromatic heterocycles. The molecule has 0 aliphatic heterocycles. The maximum absolute atomic E-state index is 13.5. The monoisotopic (exact) mass is 1030 g/mol. The Kier molecular flexibility index (Phi) is 48.5. The molecule has 0 aliphatic carbocycles. The summed E-state index contributed by atoms with van der Waals surface area (Å²) in [5.41, 5.74) is 0. The number of allylic oxidation sites excluding steroid dienone is 23. The lowest BCUT2D eigenvalue weighted by atomic mass is 10.0. The summed E-state index contributed by atoms with van der Waals surface area (Å²) in [7, 11) is 1.09. The van der Waals surface area contributed by atoms with Crippen LogP contribution in [0.1, 0.15) is 188 Å². The third kappa shape index (κ3) is 52.6. The largest absolute Gasteiger partial charge is 0.756 e. The molecule has 0 fully saturated rings. The number of amides is 1. The normalized spacial score (nSPS) is 14.9. The Morgan fingerprint density at radius 3 is 1.49 bits per heavy atom. The average molecular weight is 1030 g/mol. The number of carbonyl (C=O) groups is 2. The van der Waals surface area contributed by atoms with Gasteiger partial charge >= 0.3 is 5.97 Å². The number of hydrogen-bond donors (Lipinski definition) is 1. The van der Waals surface area contributed by atoms with Crippen LogP contribution in [0.3, 0.4) is 0 Å². The predicted octanol–water partition coefficient (Wildman–Crippen LogP) is 16.5. The molecular weight excluding hydrogens is 928 g/mol. The van der Waals surface area contributed by atoms with E-state index in [1.165, 1.54) is 57.8 Å². The van der Waals surface area contributed by atoms with E-state index in [4.69, 9.17) is 13.8 Å². The first kappa shape index (κ1) is 68.9. The quantitative estimate of drug-likeness (QED) is 0.0161. The fourth-order valence-corrected chi connectivity index (χ4v) is 7.84. The minimum atomic E-state index is -4.73. The van der Waals surface area contributed by atoms with Gasteiger partial charge in [0, 0.05) is 12.8 Å². The minimum absolute atomic E-state index is 0.0496. The molecule has 412 valence electrons. The summed E-state index contributed by atoms with van der Waals surface area (Å²) in [4.78, 5) is 39.8. The molecule has 3 atom stereocenters. The predicted molar refractivity (Wildman–Crippen MR) is 311 cm³/mol. The van der Waals surface area contributed by atoms with Crippen LogP contribution < -0.4 is 10.2 Å². The van der Waals surface area contributed by atoms with Crippen molar-refractivity contribution >= 4 is 19.7 Å². The van der Waals surface area contributed by atoms with Gasteiger partial charge in [-0.15, -0.1) is 0 Å². The van der Waals surface area contributed by atoms with E-state index < -0.39 is 32.5 Å². The molecule has 0 spiro atoms. The molecule has 0 saturated carbocycles. The average Bonchev–Trinajstić information content (AvgIpc) is 3.35. The van der Waals surface area contributed by atoms with Gasteiger partial charge in [0.2, 0.25) is 5.91 Å². The molecule has 10 heteroatoms. The molecule has 3 unspecified atom stereocenters. The van der Waals surface area contributed by atoms with Crippen LogP contribution in [-0.4, -0.2) is 69.4 Å². The van der Waals surface area contributed by atoms with E-state index in [-0.39, 0.29) is 25.4 Å². The number of rotatable bonds is 48. The summed E-state index contributed by atoms with van der Waals surface area (Å²) in [6.07, 6.45) is 73.9. The molecule has 0 aliphatic rings. The summed E-state index contributed by atoms with van der Waals surface area (Å²) >= 11 is 0. The summed E-state index contributed by atoms with van der Waals surface area (Å²) in [6.45, 7) is 6.47. The van der Waals surface area contributed by atoms with Gasteiger partial charge in [0.05, 0.1) is 33.8 Å².